The summed E-state index contributed by atoms with van der Waals surface area (Å²) in [6.07, 6.45) is -4.69. The number of amides is 1. The van der Waals surface area contributed by atoms with E-state index in [-0.39, 0.29) is 13.2 Å². The van der Waals surface area contributed by atoms with Gasteiger partial charge in [-0.2, -0.15) is 13.2 Å². The average Bonchev–Trinajstić information content (AvgIpc) is 2.94. The number of rotatable bonds is 1. The molecule has 1 unspecified atom stereocenters. The van der Waals surface area contributed by atoms with E-state index < -0.39 is 24.7 Å². The number of nitrogens with one attached hydrogen (secondary N) is 1. The monoisotopic (exact) mass is 298 g/mol. The second kappa shape index (κ2) is 5.07. The molecule has 1 saturated heterocycles. The molecule has 1 aliphatic heterocycles. The van der Waals surface area contributed by atoms with Crippen LogP contribution in [0.5, 0.6) is 0 Å². The van der Waals surface area contributed by atoms with Gasteiger partial charge in [0, 0.05) is 18.1 Å². The zero-order valence-corrected chi connectivity index (χ0v) is 11.0. The van der Waals surface area contributed by atoms with Gasteiger partial charge in [-0.1, -0.05) is 12.1 Å². The SMILES string of the molecule is O=C(c1cccc2cc[nH]c12)N1CCOC(C(F)(F)F)C1. The second-order valence-corrected chi connectivity index (χ2v) is 4.90. The number of aromatic amines is 1. The Kier molecular flexibility index (Phi) is 3.36. The Balaban J connectivity index is 1.86. The van der Waals surface area contributed by atoms with Crippen molar-refractivity contribution in [1.82, 2.24) is 9.88 Å². The molecule has 4 nitrogen and oxygen atoms in total. The summed E-state index contributed by atoms with van der Waals surface area (Å²) in [4.78, 5) is 16.6. The fraction of sp³-hybridized carbons (Fsp3) is 0.357. The number of alkyl halides is 3. The highest BCUT2D eigenvalue weighted by Gasteiger charge is 2.44. The molecule has 2 heterocycles. The van der Waals surface area contributed by atoms with Crippen molar-refractivity contribution in [2.75, 3.05) is 19.7 Å². The first kappa shape index (κ1) is 13.9. The number of H-pyrrole nitrogens is 1. The van der Waals surface area contributed by atoms with Crippen molar-refractivity contribution in [3.05, 3.63) is 36.0 Å². The zero-order chi connectivity index (χ0) is 15.0. The van der Waals surface area contributed by atoms with Crippen molar-refractivity contribution >= 4 is 16.8 Å². The third-order valence-corrected chi connectivity index (χ3v) is 3.54. The third-order valence-electron chi connectivity index (χ3n) is 3.54. The van der Waals surface area contributed by atoms with Gasteiger partial charge in [-0.15, -0.1) is 0 Å². The van der Waals surface area contributed by atoms with Crippen LogP contribution in [0, 0.1) is 0 Å². The molecule has 1 aliphatic rings. The lowest BCUT2D eigenvalue weighted by Crippen LogP contribution is -2.51. The van der Waals surface area contributed by atoms with Crippen molar-refractivity contribution in [2.45, 2.75) is 12.3 Å². The van der Waals surface area contributed by atoms with Crippen molar-refractivity contribution < 1.29 is 22.7 Å². The topological polar surface area (TPSA) is 45.3 Å². The van der Waals surface area contributed by atoms with Gasteiger partial charge >= 0.3 is 6.18 Å². The van der Waals surface area contributed by atoms with Gasteiger partial charge in [-0.3, -0.25) is 4.79 Å². The van der Waals surface area contributed by atoms with E-state index in [9.17, 15) is 18.0 Å². The summed E-state index contributed by atoms with van der Waals surface area (Å²) in [5.41, 5.74) is 1.01. The second-order valence-electron chi connectivity index (χ2n) is 4.90. The minimum atomic E-state index is -4.46. The number of morpholine rings is 1. The van der Waals surface area contributed by atoms with E-state index in [1.807, 2.05) is 12.1 Å². The summed E-state index contributed by atoms with van der Waals surface area (Å²) in [6, 6.07) is 6.97. The molecule has 0 radical (unpaired) electrons. The van der Waals surface area contributed by atoms with Crippen LogP contribution < -0.4 is 0 Å². The van der Waals surface area contributed by atoms with Crippen LogP contribution in [0.15, 0.2) is 30.5 Å². The fourth-order valence-corrected chi connectivity index (χ4v) is 2.47. The summed E-state index contributed by atoms with van der Waals surface area (Å²) in [6.45, 7) is -0.432. The quantitative estimate of drug-likeness (QED) is 0.879. The Morgan fingerprint density at radius 3 is 2.90 bits per heavy atom. The van der Waals surface area contributed by atoms with Crippen LogP contribution in [0.4, 0.5) is 13.2 Å². The van der Waals surface area contributed by atoms with Gasteiger partial charge in [-0.25, -0.2) is 0 Å². The smallest absolute Gasteiger partial charge is 0.365 e. The number of carbonyl (C=O) groups excluding carboxylic acids is 1. The van der Waals surface area contributed by atoms with Crippen molar-refractivity contribution in [1.29, 1.82) is 0 Å². The first-order chi connectivity index (χ1) is 9.97. The van der Waals surface area contributed by atoms with Crippen LogP contribution in [0.1, 0.15) is 10.4 Å². The summed E-state index contributed by atoms with van der Waals surface area (Å²) in [7, 11) is 0. The summed E-state index contributed by atoms with van der Waals surface area (Å²) in [5.74, 6) is -0.416. The van der Waals surface area contributed by atoms with Gasteiger partial charge in [0.15, 0.2) is 6.10 Å². The molecule has 1 aromatic carbocycles. The van der Waals surface area contributed by atoms with Crippen LogP contribution in [0.25, 0.3) is 10.9 Å². The highest BCUT2D eigenvalue weighted by atomic mass is 19.4. The molecule has 1 aromatic heterocycles. The number of nitrogens with zero attached hydrogens (tertiary/aromatic N) is 1. The van der Waals surface area contributed by atoms with Crippen LogP contribution in [-0.2, 0) is 4.74 Å². The van der Waals surface area contributed by atoms with Gasteiger partial charge in [0.2, 0.25) is 0 Å². The Morgan fingerprint density at radius 2 is 2.14 bits per heavy atom. The van der Waals surface area contributed by atoms with E-state index >= 15 is 0 Å². The maximum atomic E-state index is 12.7. The van der Waals surface area contributed by atoms with E-state index in [1.165, 1.54) is 4.90 Å². The van der Waals surface area contributed by atoms with Gasteiger partial charge < -0.3 is 14.6 Å². The standard InChI is InChI=1S/C14H13F3N2O2/c15-14(16,17)11-8-19(6-7-21-11)13(20)10-3-1-2-9-4-5-18-12(9)10/h1-5,11,18H,6-8H2. The molecule has 0 bridgehead atoms. The lowest BCUT2D eigenvalue weighted by molar-refractivity contribution is -0.233. The molecule has 1 amide bonds. The van der Waals surface area contributed by atoms with Crippen molar-refractivity contribution in [2.24, 2.45) is 0 Å². The number of ether oxygens (including phenoxy) is 1. The number of carbonyl (C=O) groups is 1. The van der Waals surface area contributed by atoms with E-state index in [2.05, 4.69) is 4.98 Å². The highest BCUT2D eigenvalue weighted by molar-refractivity contribution is 6.05. The predicted molar refractivity (Wildman–Crippen MR) is 70.0 cm³/mol. The molecule has 21 heavy (non-hydrogen) atoms. The molecule has 0 saturated carbocycles. The normalized spacial score (nSPS) is 20.0. The summed E-state index contributed by atoms with van der Waals surface area (Å²) >= 11 is 0. The van der Waals surface area contributed by atoms with Crippen LogP contribution in [0.3, 0.4) is 0 Å². The molecule has 1 fully saturated rings. The highest BCUT2D eigenvalue weighted by Crippen LogP contribution is 2.27. The minimum Gasteiger partial charge on any atom is -0.365 e. The first-order valence-corrected chi connectivity index (χ1v) is 6.50. The van der Waals surface area contributed by atoms with Gasteiger partial charge in [0.1, 0.15) is 0 Å². The Labute approximate surface area is 118 Å². The van der Waals surface area contributed by atoms with Gasteiger partial charge in [0.25, 0.3) is 5.91 Å². The lowest BCUT2D eigenvalue weighted by atomic mass is 10.1. The van der Waals surface area contributed by atoms with Gasteiger partial charge in [-0.05, 0) is 12.1 Å². The Morgan fingerprint density at radius 1 is 1.33 bits per heavy atom. The number of halogens is 3. The molecule has 3 rings (SSSR count). The third kappa shape index (κ3) is 2.61. The maximum Gasteiger partial charge on any atom is 0.416 e. The van der Waals surface area contributed by atoms with Crippen molar-refractivity contribution in [3.8, 4) is 0 Å². The molecule has 1 N–H and O–H groups in total. The molecule has 0 spiro atoms. The summed E-state index contributed by atoms with van der Waals surface area (Å²) < 4.78 is 42.8. The largest absolute Gasteiger partial charge is 0.416 e. The van der Waals surface area contributed by atoms with E-state index in [1.54, 1.807) is 18.3 Å². The van der Waals surface area contributed by atoms with E-state index in [4.69, 9.17) is 4.74 Å². The number of hydrogen-bond donors (Lipinski definition) is 1. The number of para-hydroxylation sites is 1. The molecular weight excluding hydrogens is 285 g/mol. The lowest BCUT2D eigenvalue weighted by Gasteiger charge is -2.33. The van der Waals surface area contributed by atoms with Gasteiger partial charge in [0.05, 0.1) is 24.2 Å². The first-order valence-electron chi connectivity index (χ1n) is 6.50. The molecule has 0 aliphatic carbocycles. The Hall–Kier alpha value is -2.02. The van der Waals surface area contributed by atoms with Crippen LogP contribution >= 0.6 is 0 Å². The average molecular weight is 298 g/mol. The molecular formula is C14H13F3N2O2. The van der Waals surface area contributed by atoms with E-state index in [0.29, 0.717) is 11.1 Å². The number of hydrogen-bond acceptors (Lipinski definition) is 2. The van der Waals surface area contributed by atoms with Crippen LogP contribution in [-0.4, -0.2) is 47.8 Å². The molecule has 112 valence electrons. The minimum absolute atomic E-state index is 0.114. The molecule has 7 heteroatoms. The fourth-order valence-electron chi connectivity index (χ4n) is 2.47. The van der Waals surface area contributed by atoms with Crippen molar-refractivity contribution in [3.63, 3.8) is 0 Å². The molecule has 1 atom stereocenters. The van der Waals surface area contributed by atoms with E-state index in [0.717, 1.165) is 5.39 Å². The number of benzene rings is 1. The maximum absolute atomic E-state index is 12.7. The summed E-state index contributed by atoms with van der Waals surface area (Å²) in [5, 5.41) is 0.849. The number of aromatic nitrogens is 1. The Bertz CT molecular complexity index is 666. The predicted octanol–water partition coefficient (Wildman–Crippen LogP) is 2.57. The molecule has 2 aromatic rings. The number of fused-ring (bicyclic) bond motifs is 1. The van der Waals surface area contributed by atoms with Crippen LogP contribution in [0.2, 0.25) is 0 Å². The zero-order valence-electron chi connectivity index (χ0n) is 11.0.